The van der Waals surface area contributed by atoms with Crippen molar-refractivity contribution in [1.29, 1.82) is 0 Å². The predicted octanol–water partition coefficient (Wildman–Crippen LogP) is 3.71. The minimum absolute atomic E-state index is 0.00893. The van der Waals surface area contributed by atoms with Gasteiger partial charge in [0, 0.05) is 31.3 Å². The summed E-state index contributed by atoms with van der Waals surface area (Å²) >= 11 is 0. The summed E-state index contributed by atoms with van der Waals surface area (Å²) in [5.41, 5.74) is 7.47. The van der Waals surface area contributed by atoms with Crippen LogP contribution in [-0.4, -0.2) is 54.7 Å². The number of halogens is 1. The second-order valence-corrected chi connectivity index (χ2v) is 9.88. The van der Waals surface area contributed by atoms with Gasteiger partial charge in [-0.15, -0.1) is 0 Å². The van der Waals surface area contributed by atoms with Gasteiger partial charge in [0.25, 0.3) is 0 Å². The average molecular weight is 515 g/mol. The number of benzene rings is 2. The van der Waals surface area contributed by atoms with Crippen molar-refractivity contribution < 1.29 is 32.7 Å². The summed E-state index contributed by atoms with van der Waals surface area (Å²) in [6.07, 6.45) is 1.04. The van der Waals surface area contributed by atoms with Crippen LogP contribution in [0.5, 0.6) is 5.75 Å². The van der Waals surface area contributed by atoms with Crippen molar-refractivity contribution >= 4 is 17.9 Å². The number of carbonyl (C=O) groups excluding carboxylic acids is 3. The largest absolute Gasteiger partial charge is 0.478 e. The molecule has 8 nitrogen and oxygen atoms in total. The first kappa shape index (κ1) is 28.3. The van der Waals surface area contributed by atoms with E-state index in [9.17, 15) is 18.8 Å². The standard InChI is InChI=1S/C28H36FN3O5/c1-19(2)26(27(34)36-3)37-23-12-10-20(11-13-23)18-31-28(35)32(14-6-7-15-32)25(33)17-22(30)16-21-8-4-5-9-24(21)29/h4-5,8-13,19,22,26H,6-7,14-18,30H2,1-3H3/p+1/t22-,26+/m1/s1. The fourth-order valence-electron chi connectivity index (χ4n) is 4.59. The molecular weight excluding hydrogens is 477 g/mol. The zero-order chi connectivity index (χ0) is 27.0. The van der Waals surface area contributed by atoms with Gasteiger partial charge in [0.15, 0.2) is 6.10 Å². The van der Waals surface area contributed by atoms with E-state index in [0.29, 0.717) is 24.4 Å². The molecule has 3 N–H and O–H groups in total. The third-order valence-electron chi connectivity index (χ3n) is 6.74. The molecule has 0 spiro atoms. The summed E-state index contributed by atoms with van der Waals surface area (Å²) in [5, 5.41) is 2.90. The van der Waals surface area contributed by atoms with Crippen LogP contribution in [0.1, 0.15) is 44.2 Å². The Morgan fingerprint density at radius 2 is 1.70 bits per heavy atom. The lowest BCUT2D eigenvalue weighted by Gasteiger charge is -2.29. The number of hydrogen-bond donors (Lipinski definition) is 2. The Kier molecular flexibility index (Phi) is 9.77. The molecule has 9 heteroatoms. The average Bonchev–Trinajstić information content (AvgIpc) is 3.39. The molecule has 3 amide bonds. The van der Waals surface area contributed by atoms with Crippen LogP contribution in [-0.2, 0) is 27.3 Å². The van der Waals surface area contributed by atoms with E-state index in [1.54, 1.807) is 42.5 Å². The van der Waals surface area contributed by atoms with Crippen LogP contribution in [0.2, 0.25) is 0 Å². The molecule has 0 bridgehead atoms. The number of nitrogens with zero attached hydrogens (tertiary/aromatic N) is 1. The van der Waals surface area contributed by atoms with Crippen LogP contribution < -0.4 is 15.8 Å². The molecular formula is C28H37FN3O5+. The lowest BCUT2D eigenvalue weighted by Crippen LogP contribution is -2.60. The zero-order valence-corrected chi connectivity index (χ0v) is 21.7. The van der Waals surface area contributed by atoms with Crippen molar-refractivity contribution in [3.05, 3.63) is 65.5 Å². The fraction of sp³-hybridized carbons (Fsp3) is 0.464. The second-order valence-electron chi connectivity index (χ2n) is 9.88. The number of urea groups is 1. The minimum atomic E-state index is -0.717. The van der Waals surface area contributed by atoms with E-state index in [4.69, 9.17) is 15.2 Å². The highest BCUT2D eigenvalue weighted by Crippen LogP contribution is 2.24. The first-order valence-corrected chi connectivity index (χ1v) is 12.7. The Bertz CT molecular complexity index is 1080. The Balaban J connectivity index is 1.59. The van der Waals surface area contributed by atoms with Crippen molar-refractivity contribution in [3.63, 3.8) is 0 Å². The highest BCUT2D eigenvalue weighted by molar-refractivity contribution is 5.84. The summed E-state index contributed by atoms with van der Waals surface area (Å²) in [7, 11) is 1.32. The van der Waals surface area contributed by atoms with Crippen LogP contribution in [0.25, 0.3) is 0 Å². The predicted molar refractivity (Wildman–Crippen MR) is 137 cm³/mol. The van der Waals surface area contributed by atoms with Crippen molar-refractivity contribution in [1.82, 2.24) is 5.32 Å². The maximum absolute atomic E-state index is 14.0. The van der Waals surface area contributed by atoms with Gasteiger partial charge in [-0.3, -0.25) is 0 Å². The van der Waals surface area contributed by atoms with E-state index in [1.807, 2.05) is 13.8 Å². The molecule has 2 atom stereocenters. The van der Waals surface area contributed by atoms with E-state index in [2.05, 4.69) is 5.32 Å². The van der Waals surface area contributed by atoms with Gasteiger partial charge in [-0.05, 0) is 35.7 Å². The summed E-state index contributed by atoms with van der Waals surface area (Å²) in [4.78, 5) is 38.4. The van der Waals surface area contributed by atoms with E-state index in [-0.39, 0.29) is 47.5 Å². The molecule has 1 aliphatic heterocycles. The van der Waals surface area contributed by atoms with Gasteiger partial charge in [-0.1, -0.05) is 44.2 Å². The fourth-order valence-corrected chi connectivity index (χ4v) is 4.59. The number of nitrogens with one attached hydrogen (secondary N) is 1. The van der Waals surface area contributed by atoms with Gasteiger partial charge in [0.1, 0.15) is 11.6 Å². The minimum Gasteiger partial charge on any atom is -0.478 e. The molecule has 1 aliphatic rings. The van der Waals surface area contributed by atoms with E-state index >= 15 is 0 Å². The molecule has 37 heavy (non-hydrogen) atoms. The number of carbonyl (C=O) groups is 3. The van der Waals surface area contributed by atoms with Gasteiger partial charge in [0.05, 0.1) is 26.6 Å². The van der Waals surface area contributed by atoms with Gasteiger partial charge >= 0.3 is 17.9 Å². The molecule has 0 unspecified atom stereocenters. The summed E-state index contributed by atoms with van der Waals surface area (Å²) in [5.74, 6) is -0.588. The number of likely N-dealkylation sites (tertiary alicyclic amines) is 1. The van der Waals surface area contributed by atoms with Crippen LogP contribution in [0.3, 0.4) is 0 Å². The molecule has 0 saturated carbocycles. The third kappa shape index (κ3) is 7.14. The molecule has 1 saturated heterocycles. The number of nitrogens with two attached hydrogens (primary N) is 1. The number of ether oxygens (including phenoxy) is 2. The molecule has 0 aromatic heterocycles. The van der Waals surface area contributed by atoms with E-state index in [1.165, 1.54) is 13.2 Å². The van der Waals surface area contributed by atoms with Crippen LogP contribution in [0.15, 0.2) is 48.5 Å². The van der Waals surface area contributed by atoms with Crippen molar-refractivity contribution in [2.45, 2.75) is 58.2 Å². The number of esters is 1. The molecule has 1 fully saturated rings. The number of hydrogen-bond acceptors (Lipinski definition) is 6. The quantitative estimate of drug-likeness (QED) is 0.370. The van der Waals surface area contributed by atoms with Crippen molar-refractivity contribution in [3.8, 4) is 5.75 Å². The van der Waals surface area contributed by atoms with E-state index < -0.39 is 18.1 Å². The topological polar surface area (TPSA) is 108 Å². The molecule has 0 radical (unpaired) electrons. The maximum atomic E-state index is 14.0. The van der Waals surface area contributed by atoms with Crippen molar-refractivity contribution in [2.24, 2.45) is 11.7 Å². The summed E-state index contributed by atoms with van der Waals surface area (Å²) < 4.78 is 24.3. The number of amides is 3. The Morgan fingerprint density at radius 3 is 2.30 bits per heavy atom. The van der Waals surface area contributed by atoms with Crippen LogP contribution >= 0.6 is 0 Å². The first-order valence-electron chi connectivity index (χ1n) is 12.7. The van der Waals surface area contributed by atoms with Crippen LogP contribution in [0, 0.1) is 11.7 Å². The smallest absolute Gasteiger partial charge is 0.424 e. The molecule has 3 rings (SSSR count). The molecule has 2 aromatic rings. The van der Waals surface area contributed by atoms with Gasteiger partial charge in [-0.2, -0.15) is 4.48 Å². The Hall–Kier alpha value is -3.30. The second kappa shape index (κ2) is 12.8. The maximum Gasteiger partial charge on any atom is 0.424 e. The SMILES string of the molecule is COC(=O)[C@@H](Oc1ccc(CNC(=O)[N+]2(C(=O)C[C@H](N)Cc3ccccc3F)CCCC2)cc1)C(C)C. The Labute approximate surface area is 217 Å². The molecule has 200 valence electrons. The molecule has 2 aromatic carbocycles. The van der Waals surface area contributed by atoms with Crippen molar-refractivity contribution in [2.75, 3.05) is 20.2 Å². The normalized spacial score (nSPS) is 16.2. The number of rotatable bonds is 10. The highest BCUT2D eigenvalue weighted by Gasteiger charge is 2.47. The molecule has 1 heterocycles. The zero-order valence-electron chi connectivity index (χ0n) is 21.7. The van der Waals surface area contributed by atoms with E-state index in [0.717, 1.165) is 18.4 Å². The summed E-state index contributed by atoms with van der Waals surface area (Å²) in [6.45, 7) is 4.83. The molecule has 0 aliphatic carbocycles. The highest BCUT2D eigenvalue weighted by atomic mass is 19.1. The van der Waals surface area contributed by atoms with Gasteiger partial charge < -0.3 is 20.5 Å². The third-order valence-corrected chi connectivity index (χ3v) is 6.74. The Morgan fingerprint density at radius 1 is 1.05 bits per heavy atom. The monoisotopic (exact) mass is 514 g/mol. The van der Waals surface area contributed by atoms with Gasteiger partial charge in [-0.25, -0.2) is 18.8 Å². The number of methoxy groups -OCH3 is 1. The lowest BCUT2D eigenvalue weighted by atomic mass is 10.0. The van der Waals surface area contributed by atoms with Crippen LogP contribution in [0.4, 0.5) is 9.18 Å². The first-order chi connectivity index (χ1) is 17.7. The van der Waals surface area contributed by atoms with Gasteiger partial charge in [0.2, 0.25) is 0 Å². The number of imide groups is 1. The number of quaternary nitrogens is 1. The lowest BCUT2D eigenvalue weighted by molar-refractivity contribution is -0.760. The summed E-state index contributed by atoms with van der Waals surface area (Å²) in [6, 6.07) is 12.5.